The third kappa shape index (κ3) is 7.50. The molecule has 0 saturated heterocycles. The molecular weight excluding hydrogens is 268 g/mol. The van der Waals surface area contributed by atoms with Crippen molar-refractivity contribution in [3.05, 3.63) is 0 Å². The smallest absolute Gasteiger partial charge is 0.347 e. The maximum atomic E-state index is 11.5. The van der Waals surface area contributed by atoms with Gasteiger partial charge in [0.15, 0.2) is 25.1 Å². The molecule has 7 nitrogen and oxygen atoms in total. The highest BCUT2D eigenvalue weighted by Gasteiger charge is 2.25. The molecule has 114 valence electrons. The Morgan fingerprint density at radius 1 is 1.00 bits per heavy atom. The van der Waals surface area contributed by atoms with E-state index >= 15 is 0 Å². The lowest BCUT2D eigenvalue weighted by atomic mass is 9.91. The minimum absolute atomic E-state index is 0.246. The summed E-state index contributed by atoms with van der Waals surface area (Å²) in [7, 11) is 0. The van der Waals surface area contributed by atoms with Crippen LogP contribution in [0.5, 0.6) is 0 Å². The second kappa shape index (κ2) is 7.62. The summed E-state index contributed by atoms with van der Waals surface area (Å²) in [5.41, 5.74) is -0.616. The van der Waals surface area contributed by atoms with Crippen molar-refractivity contribution in [1.82, 2.24) is 0 Å². The van der Waals surface area contributed by atoms with Gasteiger partial charge in [0.2, 0.25) is 0 Å². The number of esters is 3. The van der Waals surface area contributed by atoms with E-state index in [1.807, 2.05) is 0 Å². The molecule has 1 atom stereocenters. The molecule has 1 unspecified atom stereocenters. The van der Waals surface area contributed by atoms with E-state index in [1.54, 1.807) is 20.8 Å². The van der Waals surface area contributed by atoms with E-state index in [0.717, 1.165) is 6.92 Å². The van der Waals surface area contributed by atoms with E-state index in [1.165, 1.54) is 6.92 Å². The van der Waals surface area contributed by atoms with Gasteiger partial charge in [0.1, 0.15) is 0 Å². The molecule has 7 heteroatoms. The number of ketones is 1. The zero-order valence-electron chi connectivity index (χ0n) is 12.3. The van der Waals surface area contributed by atoms with E-state index in [9.17, 15) is 19.2 Å². The van der Waals surface area contributed by atoms with Crippen LogP contribution < -0.4 is 0 Å². The average Bonchev–Trinajstić information content (AvgIpc) is 2.31. The highest BCUT2D eigenvalue weighted by atomic mass is 16.6. The Balaban J connectivity index is 4.13. The van der Waals surface area contributed by atoms with E-state index in [0.29, 0.717) is 0 Å². The van der Waals surface area contributed by atoms with Crippen molar-refractivity contribution in [3.8, 4) is 0 Å². The second-order valence-electron chi connectivity index (χ2n) is 5.19. The fourth-order valence-corrected chi connectivity index (χ4v) is 0.910. The molecule has 20 heavy (non-hydrogen) atoms. The first-order valence-electron chi connectivity index (χ1n) is 6.07. The monoisotopic (exact) mass is 288 g/mol. The molecule has 0 aromatic heterocycles. The van der Waals surface area contributed by atoms with Crippen LogP contribution in [0.25, 0.3) is 0 Å². The number of hydrogen-bond donors (Lipinski definition) is 0. The molecule has 0 radical (unpaired) electrons. The SMILES string of the molecule is CC(=O)OCC(=O)OC(C)C(=O)OCC(=O)C(C)(C)C. The van der Waals surface area contributed by atoms with Crippen LogP contribution in [0.1, 0.15) is 34.6 Å². The highest BCUT2D eigenvalue weighted by molar-refractivity contribution is 5.87. The number of Topliss-reactive ketones (excluding diaryl/α,β-unsaturated/α-hetero) is 1. The van der Waals surface area contributed by atoms with Crippen LogP contribution in [-0.2, 0) is 33.4 Å². The van der Waals surface area contributed by atoms with Crippen LogP contribution >= 0.6 is 0 Å². The minimum atomic E-state index is -1.18. The highest BCUT2D eigenvalue weighted by Crippen LogP contribution is 2.14. The predicted molar refractivity (Wildman–Crippen MR) is 67.6 cm³/mol. The topological polar surface area (TPSA) is 96.0 Å². The van der Waals surface area contributed by atoms with Crippen molar-refractivity contribution in [2.75, 3.05) is 13.2 Å². The zero-order valence-corrected chi connectivity index (χ0v) is 12.3. The van der Waals surface area contributed by atoms with Crippen LogP contribution in [0.3, 0.4) is 0 Å². The van der Waals surface area contributed by atoms with Gasteiger partial charge in [-0.15, -0.1) is 0 Å². The Bertz CT molecular complexity index is 392. The minimum Gasteiger partial charge on any atom is -0.455 e. The Hall–Kier alpha value is -1.92. The molecule has 0 saturated carbocycles. The molecule has 0 N–H and O–H groups in total. The summed E-state index contributed by atoms with van der Waals surface area (Å²) in [6.07, 6.45) is -1.18. The third-order valence-electron chi connectivity index (χ3n) is 2.22. The van der Waals surface area contributed by atoms with Gasteiger partial charge in [-0.3, -0.25) is 9.59 Å². The molecule has 0 rings (SSSR count). The first-order chi connectivity index (χ1) is 9.04. The lowest BCUT2D eigenvalue weighted by Gasteiger charge is -2.17. The fraction of sp³-hybridized carbons (Fsp3) is 0.692. The molecule has 0 bridgehead atoms. The van der Waals surface area contributed by atoms with Crippen LogP contribution in [0.2, 0.25) is 0 Å². The molecule has 0 aliphatic carbocycles. The molecule has 0 aliphatic heterocycles. The molecule has 0 spiro atoms. The predicted octanol–water partition coefficient (Wildman–Crippen LogP) is 0.640. The van der Waals surface area contributed by atoms with Crippen LogP contribution in [0, 0.1) is 5.41 Å². The van der Waals surface area contributed by atoms with Crippen molar-refractivity contribution >= 4 is 23.7 Å². The normalized spacial score (nSPS) is 12.2. The number of hydrogen-bond acceptors (Lipinski definition) is 7. The Morgan fingerprint density at radius 3 is 2.00 bits per heavy atom. The third-order valence-corrected chi connectivity index (χ3v) is 2.22. The van der Waals surface area contributed by atoms with Gasteiger partial charge < -0.3 is 14.2 Å². The largest absolute Gasteiger partial charge is 0.455 e. The first kappa shape index (κ1) is 18.1. The van der Waals surface area contributed by atoms with Gasteiger partial charge in [0.05, 0.1) is 0 Å². The maximum absolute atomic E-state index is 11.5. The zero-order chi connectivity index (χ0) is 15.9. The van der Waals surface area contributed by atoms with E-state index < -0.39 is 36.0 Å². The lowest BCUT2D eigenvalue weighted by molar-refractivity contribution is -0.172. The Morgan fingerprint density at radius 2 is 1.55 bits per heavy atom. The quantitative estimate of drug-likeness (QED) is 0.522. The fourth-order valence-electron chi connectivity index (χ4n) is 0.910. The molecule has 0 aromatic carbocycles. The van der Waals surface area contributed by atoms with Gasteiger partial charge in [0, 0.05) is 12.3 Å². The summed E-state index contributed by atoms with van der Waals surface area (Å²) in [5.74, 6) is -2.58. The van der Waals surface area contributed by atoms with E-state index in [4.69, 9.17) is 4.74 Å². The summed E-state index contributed by atoms with van der Waals surface area (Å²) >= 11 is 0. The standard InChI is InChI=1S/C13H20O7/c1-8(20-11(16)7-18-9(2)14)12(17)19-6-10(15)13(3,4)5/h8H,6-7H2,1-5H3. The molecule has 0 heterocycles. The summed E-state index contributed by atoms with van der Waals surface area (Å²) in [4.78, 5) is 44.7. The van der Waals surface area contributed by atoms with Crippen molar-refractivity contribution in [2.45, 2.75) is 40.7 Å². The second-order valence-corrected chi connectivity index (χ2v) is 5.19. The van der Waals surface area contributed by atoms with Crippen molar-refractivity contribution in [3.63, 3.8) is 0 Å². The van der Waals surface area contributed by atoms with Gasteiger partial charge in [-0.2, -0.15) is 0 Å². The van der Waals surface area contributed by atoms with Crippen LogP contribution in [0.15, 0.2) is 0 Å². The number of carbonyl (C=O) groups is 4. The Labute approximate surface area is 117 Å². The molecule has 0 fully saturated rings. The van der Waals surface area contributed by atoms with Crippen molar-refractivity contribution in [2.24, 2.45) is 5.41 Å². The summed E-state index contributed by atoms with van der Waals surface area (Å²) < 4.78 is 13.8. The first-order valence-corrected chi connectivity index (χ1v) is 6.07. The van der Waals surface area contributed by atoms with Gasteiger partial charge in [0.25, 0.3) is 0 Å². The Kier molecular flexibility index (Phi) is 6.89. The van der Waals surface area contributed by atoms with Crippen LogP contribution in [-0.4, -0.2) is 43.0 Å². The van der Waals surface area contributed by atoms with Gasteiger partial charge in [-0.05, 0) is 6.92 Å². The molecule has 0 aliphatic rings. The average molecular weight is 288 g/mol. The molecular formula is C13H20O7. The summed E-state index contributed by atoms with van der Waals surface area (Å²) in [6.45, 7) is 6.59. The maximum Gasteiger partial charge on any atom is 0.347 e. The van der Waals surface area contributed by atoms with E-state index in [-0.39, 0.29) is 12.4 Å². The van der Waals surface area contributed by atoms with Gasteiger partial charge in [-0.25, -0.2) is 9.59 Å². The summed E-state index contributed by atoms with van der Waals surface area (Å²) in [6, 6.07) is 0. The number of ether oxygens (including phenoxy) is 3. The molecule has 0 aromatic rings. The van der Waals surface area contributed by atoms with Crippen LogP contribution in [0.4, 0.5) is 0 Å². The lowest BCUT2D eigenvalue weighted by Crippen LogP contribution is -2.32. The number of carbonyl (C=O) groups excluding carboxylic acids is 4. The molecule has 0 amide bonds. The van der Waals surface area contributed by atoms with Gasteiger partial charge in [-0.1, -0.05) is 20.8 Å². The number of rotatable bonds is 6. The summed E-state index contributed by atoms with van der Waals surface area (Å²) in [5, 5.41) is 0. The van der Waals surface area contributed by atoms with E-state index in [2.05, 4.69) is 9.47 Å². The van der Waals surface area contributed by atoms with Crippen molar-refractivity contribution in [1.29, 1.82) is 0 Å². The van der Waals surface area contributed by atoms with Gasteiger partial charge >= 0.3 is 17.9 Å². The van der Waals surface area contributed by atoms with Crippen molar-refractivity contribution < 1.29 is 33.4 Å².